The summed E-state index contributed by atoms with van der Waals surface area (Å²) in [5.74, 6) is 0.537. The SMILES string of the molecule is Cc1nnn(C)c1-c1cnc2c3ccc(CS(=O)O)cc3n(CC3CCCOC3)c2c1. The van der Waals surface area contributed by atoms with E-state index in [0.29, 0.717) is 5.92 Å². The molecule has 5 rings (SSSR count). The summed E-state index contributed by atoms with van der Waals surface area (Å²) in [5, 5.41) is 9.36. The van der Waals surface area contributed by atoms with Gasteiger partial charge in [-0.05, 0) is 37.5 Å². The van der Waals surface area contributed by atoms with Crippen LogP contribution in [0.15, 0.2) is 30.5 Å². The maximum atomic E-state index is 11.4. The normalized spacial score (nSPS) is 18.1. The average Bonchev–Trinajstić information content (AvgIpc) is 3.24. The fourth-order valence-electron chi connectivity index (χ4n) is 4.62. The lowest BCUT2D eigenvalue weighted by Crippen LogP contribution is -2.22. The largest absolute Gasteiger partial charge is 0.381 e. The average molecular weight is 440 g/mol. The van der Waals surface area contributed by atoms with Crippen LogP contribution in [0.1, 0.15) is 24.1 Å². The monoisotopic (exact) mass is 439 g/mol. The van der Waals surface area contributed by atoms with E-state index in [1.807, 2.05) is 38.4 Å². The topological polar surface area (TPSA) is 95.1 Å². The molecule has 9 heteroatoms. The number of pyridine rings is 1. The Balaban J connectivity index is 1.71. The molecule has 0 aliphatic carbocycles. The Morgan fingerprint density at radius 2 is 2.16 bits per heavy atom. The molecule has 3 aromatic heterocycles. The highest BCUT2D eigenvalue weighted by Crippen LogP contribution is 2.33. The van der Waals surface area contributed by atoms with E-state index in [9.17, 15) is 8.76 Å². The Morgan fingerprint density at radius 1 is 1.29 bits per heavy atom. The zero-order valence-corrected chi connectivity index (χ0v) is 18.4. The van der Waals surface area contributed by atoms with E-state index in [4.69, 9.17) is 9.72 Å². The van der Waals surface area contributed by atoms with Gasteiger partial charge in [0.2, 0.25) is 0 Å². The van der Waals surface area contributed by atoms with E-state index in [0.717, 1.165) is 77.1 Å². The van der Waals surface area contributed by atoms with Gasteiger partial charge in [-0.2, -0.15) is 0 Å². The second-order valence-electron chi connectivity index (χ2n) is 8.25. The first-order chi connectivity index (χ1) is 15.0. The number of aromatic nitrogens is 5. The van der Waals surface area contributed by atoms with Gasteiger partial charge in [-0.1, -0.05) is 17.3 Å². The number of hydrogen-bond acceptors (Lipinski definition) is 5. The minimum Gasteiger partial charge on any atom is -0.381 e. The van der Waals surface area contributed by atoms with Crippen molar-refractivity contribution in [2.24, 2.45) is 13.0 Å². The molecule has 1 aromatic carbocycles. The predicted molar refractivity (Wildman–Crippen MR) is 120 cm³/mol. The molecule has 162 valence electrons. The van der Waals surface area contributed by atoms with Crippen LogP contribution in [-0.4, -0.2) is 46.5 Å². The van der Waals surface area contributed by atoms with Crippen molar-refractivity contribution in [2.45, 2.75) is 32.1 Å². The number of aryl methyl sites for hydroxylation is 2. The highest BCUT2D eigenvalue weighted by molar-refractivity contribution is 7.78. The van der Waals surface area contributed by atoms with Gasteiger partial charge in [0.25, 0.3) is 0 Å². The first-order valence-electron chi connectivity index (χ1n) is 10.4. The zero-order valence-electron chi connectivity index (χ0n) is 17.6. The third-order valence-corrected chi connectivity index (χ3v) is 6.60. The van der Waals surface area contributed by atoms with Crippen LogP contribution in [0.25, 0.3) is 33.2 Å². The quantitative estimate of drug-likeness (QED) is 0.479. The van der Waals surface area contributed by atoms with Crippen LogP contribution in [-0.2, 0) is 35.2 Å². The molecule has 1 aliphatic heterocycles. The van der Waals surface area contributed by atoms with E-state index in [1.165, 1.54) is 0 Å². The summed E-state index contributed by atoms with van der Waals surface area (Å²) in [7, 11) is 1.88. The second kappa shape index (κ2) is 8.14. The number of benzene rings is 1. The molecule has 2 unspecified atom stereocenters. The Morgan fingerprint density at radius 3 is 2.87 bits per heavy atom. The van der Waals surface area contributed by atoms with E-state index < -0.39 is 11.1 Å². The van der Waals surface area contributed by atoms with Crippen LogP contribution < -0.4 is 0 Å². The summed E-state index contributed by atoms with van der Waals surface area (Å²) < 4.78 is 30.5. The Labute approximate surface area is 182 Å². The molecule has 0 saturated carbocycles. The van der Waals surface area contributed by atoms with Crippen molar-refractivity contribution in [3.05, 3.63) is 41.7 Å². The van der Waals surface area contributed by atoms with Gasteiger partial charge in [-0.15, -0.1) is 5.10 Å². The molecule has 1 aliphatic rings. The lowest BCUT2D eigenvalue weighted by Gasteiger charge is -2.23. The van der Waals surface area contributed by atoms with Crippen molar-refractivity contribution in [1.29, 1.82) is 0 Å². The number of fused-ring (bicyclic) bond motifs is 3. The van der Waals surface area contributed by atoms with Gasteiger partial charge in [0.05, 0.1) is 40.3 Å². The standard InChI is InChI=1S/C22H25N5O3S/c1-14-22(26(2)25-24-14)17-9-20-21(23-10-17)18-6-5-15(13-31(28)29)8-19(18)27(20)11-16-4-3-7-30-12-16/h5-6,8-10,16H,3-4,7,11-13H2,1-2H3,(H,28,29). The Hall–Kier alpha value is -2.62. The summed E-state index contributed by atoms with van der Waals surface area (Å²) in [4.78, 5) is 4.82. The van der Waals surface area contributed by atoms with Crippen molar-refractivity contribution in [1.82, 2.24) is 24.5 Å². The summed E-state index contributed by atoms with van der Waals surface area (Å²) in [6.07, 6.45) is 4.07. The minimum atomic E-state index is -1.88. The van der Waals surface area contributed by atoms with E-state index in [1.54, 1.807) is 4.68 Å². The number of nitrogens with zero attached hydrogens (tertiary/aromatic N) is 5. The third kappa shape index (κ3) is 3.77. The van der Waals surface area contributed by atoms with Gasteiger partial charge in [0, 0.05) is 43.3 Å². The first kappa shape index (κ1) is 20.3. The maximum Gasteiger partial charge on any atom is 0.157 e. The van der Waals surface area contributed by atoms with E-state index >= 15 is 0 Å². The van der Waals surface area contributed by atoms with Crippen LogP contribution in [0.3, 0.4) is 0 Å². The smallest absolute Gasteiger partial charge is 0.157 e. The molecular weight excluding hydrogens is 414 g/mol. The second-order valence-corrected chi connectivity index (χ2v) is 9.18. The molecule has 1 fully saturated rings. The molecule has 0 spiro atoms. The van der Waals surface area contributed by atoms with Crippen molar-refractivity contribution in [3.8, 4) is 11.3 Å². The number of hydrogen-bond donors (Lipinski definition) is 1. The molecule has 0 bridgehead atoms. The summed E-state index contributed by atoms with van der Waals surface area (Å²) in [6, 6.07) is 8.10. The molecule has 2 atom stereocenters. The van der Waals surface area contributed by atoms with Gasteiger partial charge < -0.3 is 13.9 Å². The van der Waals surface area contributed by atoms with Crippen LogP contribution in [0.4, 0.5) is 0 Å². The molecule has 0 radical (unpaired) electrons. The molecule has 1 N–H and O–H groups in total. The van der Waals surface area contributed by atoms with Gasteiger partial charge in [0.1, 0.15) is 0 Å². The fourth-order valence-corrected chi connectivity index (χ4v) is 5.09. The summed E-state index contributed by atoms with van der Waals surface area (Å²) in [5.41, 5.74) is 6.62. The zero-order chi connectivity index (χ0) is 21.5. The number of rotatable bonds is 5. The van der Waals surface area contributed by atoms with Crippen LogP contribution in [0, 0.1) is 12.8 Å². The van der Waals surface area contributed by atoms with Crippen molar-refractivity contribution in [2.75, 3.05) is 13.2 Å². The molecule has 0 amide bonds. The summed E-state index contributed by atoms with van der Waals surface area (Å²) in [6.45, 7) is 4.34. The summed E-state index contributed by atoms with van der Waals surface area (Å²) >= 11 is -1.88. The highest BCUT2D eigenvalue weighted by Gasteiger charge is 2.20. The fraction of sp³-hybridized carbons (Fsp3) is 0.409. The Bertz CT molecular complexity index is 1270. The lowest BCUT2D eigenvalue weighted by molar-refractivity contribution is 0.0492. The molecule has 8 nitrogen and oxygen atoms in total. The van der Waals surface area contributed by atoms with Crippen molar-refractivity contribution >= 4 is 33.0 Å². The molecule has 31 heavy (non-hydrogen) atoms. The van der Waals surface area contributed by atoms with Crippen LogP contribution in [0.5, 0.6) is 0 Å². The minimum absolute atomic E-state index is 0.114. The number of ether oxygens (including phenoxy) is 1. The van der Waals surface area contributed by atoms with Crippen LogP contribution in [0.2, 0.25) is 0 Å². The van der Waals surface area contributed by atoms with Gasteiger partial charge in [-0.25, -0.2) is 8.89 Å². The molecule has 1 saturated heterocycles. The maximum absolute atomic E-state index is 11.4. The predicted octanol–water partition coefficient (Wildman–Crippen LogP) is 3.44. The van der Waals surface area contributed by atoms with Crippen molar-refractivity contribution in [3.63, 3.8) is 0 Å². The van der Waals surface area contributed by atoms with Gasteiger partial charge >= 0.3 is 0 Å². The molecule has 4 aromatic rings. The van der Waals surface area contributed by atoms with Gasteiger partial charge in [-0.3, -0.25) is 4.98 Å². The van der Waals surface area contributed by atoms with Gasteiger partial charge in [0.15, 0.2) is 11.1 Å². The highest BCUT2D eigenvalue weighted by atomic mass is 32.2. The first-order valence-corrected chi connectivity index (χ1v) is 11.7. The van der Waals surface area contributed by atoms with Crippen molar-refractivity contribution < 1.29 is 13.5 Å². The Kier molecular flexibility index (Phi) is 5.33. The van der Waals surface area contributed by atoms with E-state index in [-0.39, 0.29) is 5.75 Å². The molecular formula is C22H25N5O3S. The third-order valence-electron chi connectivity index (χ3n) is 6.02. The molecule has 4 heterocycles. The van der Waals surface area contributed by atoms with Crippen LogP contribution >= 0.6 is 0 Å². The van der Waals surface area contributed by atoms with E-state index in [2.05, 4.69) is 20.9 Å². The lowest BCUT2D eigenvalue weighted by atomic mass is 10.0.